The molecule has 2 rings (SSSR count). The van der Waals surface area contributed by atoms with Gasteiger partial charge < -0.3 is 10.1 Å². The van der Waals surface area contributed by atoms with Gasteiger partial charge in [-0.3, -0.25) is 0 Å². The maximum absolute atomic E-state index is 5.84. The minimum Gasteiger partial charge on any atom is -0.484 e. The van der Waals surface area contributed by atoms with Crippen molar-refractivity contribution in [1.82, 2.24) is 0 Å². The van der Waals surface area contributed by atoms with E-state index in [2.05, 4.69) is 51.0 Å². The Bertz CT molecular complexity index is 377. The fourth-order valence-corrected chi connectivity index (χ4v) is 2.06. The zero-order chi connectivity index (χ0) is 10.3. The lowest BCUT2D eigenvalue weighted by Crippen LogP contribution is -2.39. The molecule has 0 saturated heterocycles. The highest BCUT2D eigenvalue weighted by atomic mass is 79.9. The summed E-state index contributed by atoms with van der Waals surface area (Å²) in [4.78, 5) is 0. The Hall–Kier alpha value is -0.220. The number of anilines is 1. The molecule has 4 heteroatoms. The largest absolute Gasteiger partial charge is 0.484 e. The third-order valence-electron chi connectivity index (χ3n) is 2.11. The van der Waals surface area contributed by atoms with Crippen LogP contribution >= 0.6 is 31.9 Å². The topological polar surface area (TPSA) is 21.3 Å². The predicted octanol–water partition coefficient (Wildman–Crippen LogP) is 3.79. The van der Waals surface area contributed by atoms with E-state index in [0.717, 1.165) is 26.9 Å². The van der Waals surface area contributed by atoms with Crippen LogP contribution in [0.25, 0.3) is 0 Å². The summed E-state index contributed by atoms with van der Waals surface area (Å²) in [5, 5.41) is 3.35. The Morgan fingerprint density at radius 1 is 1.29 bits per heavy atom. The van der Waals surface area contributed by atoms with Crippen LogP contribution in [-0.4, -0.2) is 12.1 Å². The van der Waals surface area contributed by atoms with Gasteiger partial charge in [-0.2, -0.15) is 0 Å². The van der Waals surface area contributed by atoms with Gasteiger partial charge in [0.2, 0.25) is 0 Å². The lowest BCUT2D eigenvalue weighted by atomic mass is 10.1. The van der Waals surface area contributed by atoms with Crippen LogP contribution in [0.15, 0.2) is 21.1 Å². The highest BCUT2D eigenvalue weighted by Gasteiger charge is 2.26. The standard InChI is InChI=1S/C10H11Br2NO/c1-10(2)5-13-8-3-6(11)7(12)4-9(8)14-10/h3-4,13H,5H2,1-2H3. The Kier molecular flexibility index (Phi) is 2.52. The van der Waals surface area contributed by atoms with E-state index in [1.54, 1.807) is 0 Å². The van der Waals surface area contributed by atoms with Crippen LogP contribution < -0.4 is 10.1 Å². The zero-order valence-corrected chi connectivity index (χ0v) is 11.2. The summed E-state index contributed by atoms with van der Waals surface area (Å²) in [5.41, 5.74) is 0.902. The fourth-order valence-electron chi connectivity index (χ4n) is 1.39. The van der Waals surface area contributed by atoms with Crippen LogP contribution in [-0.2, 0) is 0 Å². The average Bonchev–Trinajstić information content (AvgIpc) is 2.07. The minimum absolute atomic E-state index is 0.139. The molecule has 0 aromatic heterocycles. The second kappa shape index (κ2) is 3.42. The van der Waals surface area contributed by atoms with E-state index in [9.17, 15) is 0 Å². The maximum Gasteiger partial charge on any atom is 0.144 e. The van der Waals surface area contributed by atoms with Crippen LogP contribution in [0.3, 0.4) is 0 Å². The van der Waals surface area contributed by atoms with Crippen molar-refractivity contribution in [2.45, 2.75) is 19.4 Å². The first-order chi connectivity index (χ1) is 6.48. The summed E-state index contributed by atoms with van der Waals surface area (Å²) >= 11 is 6.92. The molecule has 1 aliphatic rings. The Balaban J connectivity index is 2.43. The average molecular weight is 321 g/mol. The molecule has 76 valence electrons. The van der Waals surface area contributed by atoms with Crippen molar-refractivity contribution in [2.24, 2.45) is 0 Å². The molecule has 0 amide bonds. The highest BCUT2D eigenvalue weighted by molar-refractivity contribution is 9.13. The lowest BCUT2D eigenvalue weighted by Gasteiger charge is -2.33. The quantitative estimate of drug-likeness (QED) is 0.785. The van der Waals surface area contributed by atoms with Gasteiger partial charge in [0.15, 0.2) is 0 Å². The number of nitrogens with one attached hydrogen (secondary N) is 1. The molecule has 0 fully saturated rings. The molecule has 0 radical (unpaired) electrons. The molecule has 0 unspecified atom stereocenters. The van der Waals surface area contributed by atoms with E-state index < -0.39 is 0 Å². The fraction of sp³-hybridized carbons (Fsp3) is 0.400. The molecule has 1 N–H and O–H groups in total. The van der Waals surface area contributed by atoms with Crippen molar-refractivity contribution in [1.29, 1.82) is 0 Å². The van der Waals surface area contributed by atoms with Crippen molar-refractivity contribution >= 4 is 37.5 Å². The van der Waals surface area contributed by atoms with E-state index >= 15 is 0 Å². The molecule has 0 bridgehead atoms. The van der Waals surface area contributed by atoms with Crippen LogP contribution in [0.5, 0.6) is 5.75 Å². The van der Waals surface area contributed by atoms with Gasteiger partial charge >= 0.3 is 0 Å². The number of rotatable bonds is 0. The Morgan fingerprint density at radius 3 is 2.64 bits per heavy atom. The second-order valence-corrected chi connectivity index (χ2v) is 5.69. The van der Waals surface area contributed by atoms with Gasteiger partial charge in [-0.15, -0.1) is 0 Å². The van der Waals surface area contributed by atoms with Gasteiger partial charge in [0.05, 0.1) is 12.2 Å². The number of fused-ring (bicyclic) bond motifs is 1. The van der Waals surface area contributed by atoms with Crippen molar-refractivity contribution in [3.05, 3.63) is 21.1 Å². The Morgan fingerprint density at radius 2 is 1.93 bits per heavy atom. The molecular weight excluding hydrogens is 310 g/mol. The number of hydrogen-bond acceptors (Lipinski definition) is 2. The van der Waals surface area contributed by atoms with Gasteiger partial charge in [-0.1, -0.05) is 0 Å². The summed E-state index contributed by atoms with van der Waals surface area (Å²) in [6, 6.07) is 4.00. The molecule has 0 aliphatic carbocycles. The van der Waals surface area contributed by atoms with E-state index in [1.807, 2.05) is 12.1 Å². The predicted molar refractivity (Wildman–Crippen MR) is 65.0 cm³/mol. The van der Waals surface area contributed by atoms with Crippen molar-refractivity contribution < 1.29 is 4.74 Å². The van der Waals surface area contributed by atoms with E-state index in [0.29, 0.717) is 0 Å². The van der Waals surface area contributed by atoms with E-state index in [4.69, 9.17) is 4.74 Å². The number of ether oxygens (including phenoxy) is 1. The summed E-state index contributed by atoms with van der Waals surface area (Å²) in [7, 11) is 0. The molecule has 1 aromatic carbocycles. The van der Waals surface area contributed by atoms with Gasteiger partial charge in [-0.25, -0.2) is 0 Å². The molecule has 1 heterocycles. The van der Waals surface area contributed by atoms with Crippen LogP contribution in [0.1, 0.15) is 13.8 Å². The number of hydrogen-bond donors (Lipinski definition) is 1. The van der Waals surface area contributed by atoms with E-state index in [1.165, 1.54) is 0 Å². The van der Waals surface area contributed by atoms with Crippen LogP contribution in [0, 0.1) is 0 Å². The van der Waals surface area contributed by atoms with Crippen molar-refractivity contribution in [3.63, 3.8) is 0 Å². The third kappa shape index (κ3) is 1.91. The minimum atomic E-state index is -0.139. The number of benzene rings is 1. The first kappa shape index (κ1) is 10.3. The molecule has 0 atom stereocenters. The summed E-state index contributed by atoms with van der Waals surface area (Å²) < 4.78 is 7.89. The Labute approximate surface area is 100 Å². The van der Waals surface area contributed by atoms with Crippen molar-refractivity contribution in [3.8, 4) is 5.75 Å². The molecule has 0 spiro atoms. The molecule has 0 saturated carbocycles. The third-order valence-corrected chi connectivity index (χ3v) is 3.96. The van der Waals surface area contributed by atoms with Gasteiger partial charge in [0.25, 0.3) is 0 Å². The van der Waals surface area contributed by atoms with Crippen LogP contribution in [0.2, 0.25) is 0 Å². The van der Waals surface area contributed by atoms with Gasteiger partial charge in [0.1, 0.15) is 11.4 Å². The first-order valence-electron chi connectivity index (χ1n) is 4.40. The zero-order valence-electron chi connectivity index (χ0n) is 8.03. The smallest absolute Gasteiger partial charge is 0.144 e. The van der Waals surface area contributed by atoms with E-state index in [-0.39, 0.29) is 5.60 Å². The summed E-state index contributed by atoms with van der Waals surface area (Å²) in [6.07, 6.45) is 0. The maximum atomic E-state index is 5.84. The van der Waals surface area contributed by atoms with Gasteiger partial charge in [-0.05, 0) is 57.8 Å². The molecule has 2 nitrogen and oxygen atoms in total. The van der Waals surface area contributed by atoms with Crippen LogP contribution in [0.4, 0.5) is 5.69 Å². The summed E-state index contributed by atoms with van der Waals surface area (Å²) in [6.45, 7) is 4.96. The first-order valence-corrected chi connectivity index (χ1v) is 5.98. The van der Waals surface area contributed by atoms with Crippen molar-refractivity contribution in [2.75, 3.05) is 11.9 Å². The monoisotopic (exact) mass is 319 g/mol. The molecule has 1 aliphatic heterocycles. The highest BCUT2D eigenvalue weighted by Crippen LogP contribution is 2.38. The van der Waals surface area contributed by atoms with Gasteiger partial charge in [0, 0.05) is 8.95 Å². The second-order valence-electron chi connectivity index (χ2n) is 3.98. The molecule has 1 aromatic rings. The lowest BCUT2D eigenvalue weighted by molar-refractivity contribution is 0.116. The normalized spacial score (nSPS) is 18.0. The number of halogens is 2. The molecule has 14 heavy (non-hydrogen) atoms. The SMILES string of the molecule is CC1(C)CNc2cc(Br)c(Br)cc2O1. The molecular formula is C10H11Br2NO. The summed E-state index contributed by atoms with van der Waals surface area (Å²) in [5.74, 6) is 0.899.